The molecule has 3 unspecified atom stereocenters. The molecular formula is C29H31N3O8. The average Bonchev–Trinajstić information content (AvgIpc) is 3.22. The van der Waals surface area contributed by atoms with Crippen molar-refractivity contribution in [3.63, 3.8) is 0 Å². The number of nitrogens with one attached hydrogen (secondary N) is 2. The van der Waals surface area contributed by atoms with E-state index in [0.717, 1.165) is 5.56 Å². The molecule has 11 nitrogen and oxygen atoms in total. The SMILES string of the molecule is COc1cc(CC(=O)N2CC(O)C(O)C2COc2ccc(C(=O)O)cc2)ccc1NC(=O)Nc1ccccc1C. The van der Waals surface area contributed by atoms with Crippen molar-refractivity contribution in [2.75, 3.05) is 30.9 Å². The lowest BCUT2D eigenvalue weighted by molar-refractivity contribution is -0.132. The molecule has 3 amide bonds. The third-order valence-corrected chi connectivity index (χ3v) is 6.68. The van der Waals surface area contributed by atoms with Gasteiger partial charge in [0.2, 0.25) is 5.91 Å². The molecule has 4 rings (SSSR count). The molecule has 40 heavy (non-hydrogen) atoms. The van der Waals surface area contributed by atoms with Gasteiger partial charge in [-0.2, -0.15) is 0 Å². The number of rotatable bonds is 9. The highest BCUT2D eigenvalue weighted by molar-refractivity contribution is 6.01. The first-order valence-corrected chi connectivity index (χ1v) is 12.6. The second-order valence-corrected chi connectivity index (χ2v) is 9.42. The highest BCUT2D eigenvalue weighted by Crippen LogP contribution is 2.28. The summed E-state index contributed by atoms with van der Waals surface area (Å²) in [6.45, 7) is 1.72. The lowest BCUT2D eigenvalue weighted by Crippen LogP contribution is -2.44. The molecule has 5 N–H and O–H groups in total. The Hall–Kier alpha value is -4.61. The van der Waals surface area contributed by atoms with Crippen LogP contribution in [0.3, 0.4) is 0 Å². The summed E-state index contributed by atoms with van der Waals surface area (Å²) in [7, 11) is 1.45. The number of likely N-dealkylation sites (tertiary alicyclic amines) is 1. The number of carbonyl (C=O) groups is 3. The van der Waals surface area contributed by atoms with Gasteiger partial charge < -0.3 is 40.3 Å². The minimum Gasteiger partial charge on any atom is -0.495 e. The number of aliphatic hydroxyl groups excluding tert-OH is 2. The smallest absolute Gasteiger partial charge is 0.335 e. The standard InChI is InChI=1S/C29H31N3O8/c1-17-5-3-4-6-21(17)30-29(38)31-22-12-7-18(13-25(22)39-2)14-26(34)32-15-24(33)27(35)23(32)16-40-20-10-8-19(9-11-20)28(36)37/h3-13,23-24,27,33,35H,14-16H2,1-2H3,(H,36,37)(H2,30,31,38). The molecule has 0 aliphatic carbocycles. The van der Waals surface area contributed by atoms with Gasteiger partial charge in [0.1, 0.15) is 24.2 Å². The van der Waals surface area contributed by atoms with Crippen LogP contribution in [0.15, 0.2) is 66.7 Å². The molecule has 1 fully saturated rings. The Morgan fingerprint density at radius 3 is 2.35 bits per heavy atom. The van der Waals surface area contributed by atoms with E-state index >= 15 is 0 Å². The number of nitrogens with zero attached hydrogens (tertiary/aromatic N) is 1. The Bertz CT molecular complexity index is 1380. The summed E-state index contributed by atoms with van der Waals surface area (Å²) in [5.74, 6) is -0.684. The van der Waals surface area contributed by atoms with Crippen LogP contribution in [-0.2, 0) is 11.2 Å². The lowest BCUT2D eigenvalue weighted by atomic mass is 10.1. The van der Waals surface area contributed by atoms with E-state index in [4.69, 9.17) is 14.6 Å². The molecule has 1 aliphatic heterocycles. The number of hydrogen-bond acceptors (Lipinski definition) is 7. The number of amides is 3. The summed E-state index contributed by atoms with van der Waals surface area (Å²) in [5, 5.41) is 35.3. The maximum Gasteiger partial charge on any atom is 0.335 e. The molecule has 3 aromatic carbocycles. The number of aliphatic hydroxyl groups is 2. The number of urea groups is 1. The van der Waals surface area contributed by atoms with Gasteiger partial charge in [0.15, 0.2) is 0 Å². The summed E-state index contributed by atoms with van der Waals surface area (Å²) in [4.78, 5) is 38.1. The van der Waals surface area contributed by atoms with Crippen molar-refractivity contribution >= 4 is 29.3 Å². The number of carboxylic acid groups (broad SMARTS) is 1. The Morgan fingerprint density at radius 2 is 1.68 bits per heavy atom. The molecule has 210 valence electrons. The Labute approximate surface area is 231 Å². The largest absolute Gasteiger partial charge is 0.495 e. The molecule has 0 spiro atoms. The van der Waals surface area contributed by atoms with Crippen LogP contribution in [0.5, 0.6) is 11.5 Å². The van der Waals surface area contributed by atoms with Crippen LogP contribution < -0.4 is 20.1 Å². The fraction of sp³-hybridized carbons (Fsp3) is 0.276. The van der Waals surface area contributed by atoms with E-state index in [2.05, 4.69) is 10.6 Å². The summed E-state index contributed by atoms with van der Waals surface area (Å²) in [6.07, 6.45) is -2.40. The molecule has 0 saturated carbocycles. The number of para-hydroxylation sites is 1. The molecular weight excluding hydrogens is 518 g/mol. The summed E-state index contributed by atoms with van der Waals surface area (Å²) < 4.78 is 11.1. The lowest BCUT2D eigenvalue weighted by Gasteiger charge is -2.26. The third-order valence-electron chi connectivity index (χ3n) is 6.68. The average molecular weight is 550 g/mol. The van der Waals surface area contributed by atoms with Crippen LogP contribution >= 0.6 is 0 Å². The van der Waals surface area contributed by atoms with Gasteiger partial charge in [0.05, 0.1) is 36.9 Å². The highest BCUT2D eigenvalue weighted by atomic mass is 16.5. The molecule has 11 heteroatoms. The van der Waals surface area contributed by atoms with Gasteiger partial charge in [0, 0.05) is 12.2 Å². The van der Waals surface area contributed by atoms with Gasteiger partial charge in [-0.05, 0) is 60.5 Å². The Kier molecular flexibility index (Phi) is 8.87. The van der Waals surface area contributed by atoms with Gasteiger partial charge in [-0.1, -0.05) is 24.3 Å². The maximum absolute atomic E-state index is 13.2. The zero-order valence-corrected chi connectivity index (χ0v) is 22.0. The van der Waals surface area contributed by atoms with Gasteiger partial charge in [-0.15, -0.1) is 0 Å². The van der Waals surface area contributed by atoms with Crippen LogP contribution in [-0.4, -0.2) is 76.6 Å². The number of benzene rings is 3. The first kappa shape index (κ1) is 28.4. The fourth-order valence-electron chi connectivity index (χ4n) is 4.45. The minimum absolute atomic E-state index is 0.0463. The zero-order valence-electron chi connectivity index (χ0n) is 22.0. The summed E-state index contributed by atoms with van der Waals surface area (Å²) >= 11 is 0. The number of hydrogen-bond donors (Lipinski definition) is 5. The molecule has 0 radical (unpaired) electrons. The molecule has 1 saturated heterocycles. The predicted octanol–water partition coefficient (Wildman–Crippen LogP) is 2.90. The normalized spacial score (nSPS) is 18.2. The van der Waals surface area contributed by atoms with E-state index in [1.807, 2.05) is 25.1 Å². The number of ether oxygens (including phenoxy) is 2. The maximum atomic E-state index is 13.2. The molecule has 3 atom stereocenters. The van der Waals surface area contributed by atoms with Crippen molar-refractivity contribution in [1.82, 2.24) is 4.90 Å². The van der Waals surface area contributed by atoms with E-state index in [-0.39, 0.29) is 31.0 Å². The van der Waals surface area contributed by atoms with E-state index in [1.165, 1.54) is 36.3 Å². The van der Waals surface area contributed by atoms with Crippen LogP contribution in [0.1, 0.15) is 21.5 Å². The molecule has 1 aliphatic rings. The van der Waals surface area contributed by atoms with E-state index in [9.17, 15) is 24.6 Å². The molecule has 0 aromatic heterocycles. The van der Waals surface area contributed by atoms with E-state index in [0.29, 0.717) is 28.4 Å². The van der Waals surface area contributed by atoms with Gasteiger partial charge >= 0.3 is 12.0 Å². The molecule has 0 bridgehead atoms. The number of methoxy groups -OCH3 is 1. The van der Waals surface area contributed by atoms with Gasteiger partial charge in [-0.25, -0.2) is 9.59 Å². The number of carboxylic acids is 1. The fourth-order valence-corrected chi connectivity index (χ4v) is 4.45. The van der Waals surface area contributed by atoms with Gasteiger partial charge in [0.25, 0.3) is 0 Å². The quantitative estimate of drug-likeness (QED) is 0.273. The number of aromatic carboxylic acids is 1. The second kappa shape index (κ2) is 12.5. The number of aryl methyl sites for hydroxylation is 1. The van der Waals surface area contributed by atoms with Crippen LogP contribution in [0.2, 0.25) is 0 Å². The number of β-amino-alcohol motifs (C(OH)–C–C–N with tert-alkyl or cyclic N) is 1. The van der Waals surface area contributed by atoms with Crippen LogP contribution in [0, 0.1) is 6.92 Å². The molecule has 1 heterocycles. The first-order valence-electron chi connectivity index (χ1n) is 12.6. The number of anilines is 2. The predicted molar refractivity (Wildman–Crippen MR) is 147 cm³/mol. The topological polar surface area (TPSA) is 158 Å². The van der Waals surface area contributed by atoms with E-state index in [1.54, 1.807) is 24.3 Å². The van der Waals surface area contributed by atoms with Crippen molar-refractivity contribution in [1.29, 1.82) is 0 Å². The van der Waals surface area contributed by atoms with Crippen LogP contribution in [0.25, 0.3) is 0 Å². The summed E-state index contributed by atoms with van der Waals surface area (Å²) in [5.41, 5.74) is 2.70. The third kappa shape index (κ3) is 6.68. The molecule has 3 aromatic rings. The van der Waals surface area contributed by atoms with Crippen molar-refractivity contribution in [3.8, 4) is 11.5 Å². The first-order chi connectivity index (χ1) is 19.2. The monoisotopic (exact) mass is 549 g/mol. The second-order valence-electron chi connectivity index (χ2n) is 9.42. The Morgan fingerprint density at radius 1 is 0.975 bits per heavy atom. The van der Waals surface area contributed by atoms with E-state index < -0.39 is 30.3 Å². The number of carbonyl (C=O) groups excluding carboxylic acids is 2. The van der Waals surface area contributed by atoms with Gasteiger partial charge in [-0.3, -0.25) is 4.79 Å². The van der Waals surface area contributed by atoms with Crippen molar-refractivity contribution < 1.29 is 39.2 Å². The minimum atomic E-state index is -1.21. The van der Waals surface area contributed by atoms with Crippen molar-refractivity contribution in [2.24, 2.45) is 0 Å². The highest BCUT2D eigenvalue weighted by Gasteiger charge is 2.42. The van der Waals surface area contributed by atoms with Crippen LogP contribution in [0.4, 0.5) is 16.2 Å². The van der Waals surface area contributed by atoms with Crippen molar-refractivity contribution in [2.45, 2.75) is 31.6 Å². The van der Waals surface area contributed by atoms with Crippen molar-refractivity contribution in [3.05, 3.63) is 83.4 Å². The zero-order chi connectivity index (χ0) is 28.8. The Balaban J connectivity index is 1.40. The summed E-state index contributed by atoms with van der Waals surface area (Å²) in [6, 6.07) is 16.8.